The van der Waals surface area contributed by atoms with Crippen LogP contribution in [0, 0.1) is 33.5 Å². The minimum absolute atomic E-state index is 0.313. The van der Waals surface area contributed by atoms with Crippen molar-refractivity contribution < 1.29 is 9.50 Å². The van der Waals surface area contributed by atoms with Crippen LogP contribution >= 0.6 is 11.8 Å². The fourth-order valence-corrected chi connectivity index (χ4v) is 3.12. The second-order valence-electron chi connectivity index (χ2n) is 5.22. The summed E-state index contributed by atoms with van der Waals surface area (Å²) in [4.78, 5) is 9.70. The Hall–Kier alpha value is -1.46. The predicted molar refractivity (Wildman–Crippen MR) is 82.1 cm³/mol. The number of halogens is 1. The summed E-state index contributed by atoms with van der Waals surface area (Å²) in [6.07, 6.45) is -0.741. The molecule has 0 aliphatic carbocycles. The molecule has 1 heterocycles. The van der Waals surface area contributed by atoms with Gasteiger partial charge in [-0.05, 0) is 75.2 Å². The smallest absolute Gasteiger partial charge is 0.192 e. The van der Waals surface area contributed by atoms with Crippen molar-refractivity contribution in [3.8, 4) is 0 Å². The van der Waals surface area contributed by atoms with Crippen molar-refractivity contribution in [3.05, 3.63) is 46.0 Å². The number of benzene rings is 1. The highest BCUT2D eigenvalue weighted by Gasteiger charge is 2.15. The third kappa shape index (κ3) is 3.41. The highest BCUT2D eigenvalue weighted by molar-refractivity contribution is 7.99. The maximum absolute atomic E-state index is 13.7. The molecule has 0 spiro atoms. The van der Waals surface area contributed by atoms with E-state index in [9.17, 15) is 9.50 Å². The zero-order valence-corrected chi connectivity index (χ0v) is 13.7. The summed E-state index contributed by atoms with van der Waals surface area (Å²) >= 11 is 1.35. The maximum Gasteiger partial charge on any atom is 0.192 e. The van der Waals surface area contributed by atoms with Crippen molar-refractivity contribution in [2.45, 2.75) is 50.8 Å². The molecule has 0 amide bonds. The highest BCUT2D eigenvalue weighted by Crippen LogP contribution is 2.33. The Balaban J connectivity index is 2.46. The molecular formula is C16H19FN2OS. The van der Waals surface area contributed by atoms with E-state index in [1.165, 1.54) is 17.8 Å². The van der Waals surface area contributed by atoms with Crippen molar-refractivity contribution in [2.75, 3.05) is 0 Å². The van der Waals surface area contributed by atoms with Crippen molar-refractivity contribution in [1.29, 1.82) is 0 Å². The fourth-order valence-electron chi connectivity index (χ4n) is 1.97. The van der Waals surface area contributed by atoms with Crippen LogP contribution in [0.15, 0.2) is 22.2 Å². The first-order valence-electron chi connectivity index (χ1n) is 6.77. The Kier molecular flexibility index (Phi) is 4.64. The molecule has 0 bridgehead atoms. The molecule has 0 saturated carbocycles. The summed E-state index contributed by atoms with van der Waals surface area (Å²) in [6.45, 7) is 9.21. The minimum Gasteiger partial charge on any atom is -0.389 e. The lowest BCUT2D eigenvalue weighted by molar-refractivity contribution is 0.196. The summed E-state index contributed by atoms with van der Waals surface area (Å²) in [5.41, 5.74) is 4.04. The van der Waals surface area contributed by atoms with Crippen LogP contribution in [0.4, 0.5) is 4.39 Å². The van der Waals surface area contributed by atoms with E-state index in [0.717, 1.165) is 21.8 Å². The van der Waals surface area contributed by atoms with E-state index in [2.05, 4.69) is 9.97 Å². The molecule has 1 aromatic heterocycles. The zero-order chi connectivity index (χ0) is 15.7. The molecule has 0 unspecified atom stereocenters. The number of aliphatic hydroxyl groups excluding tert-OH is 1. The van der Waals surface area contributed by atoms with E-state index >= 15 is 0 Å². The van der Waals surface area contributed by atoms with Crippen LogP contribution < -0.4 is 0 Å². The van der Waals surface area contributed by atoms with Gasteiger partial charge in [-0.2, -0.15) is 0 Å². The van der Waals surface area contributed by atoms with E-state index in [4.69, 9.17) is 0 Å². The van der Waals surface area contributed by atoms with Crippen molar-refractivity contribution in [1.82, 2.24) is 9.97 Å². The van der Waals surface area contributed by atoms with E-state index < -0.39 is 6.10 Å². The van der Waals surface area contributed by atoms with Gasteiger partial charge in [0.25, 0.3) is 0 Å². The lowest BCUT2D eigenvalue weighted by atomic mass is 10.1. The standard InChI is InChI=1S/C16H19FN2OS/c1-8-6-15(13(12(5)20)7-14(8)17)21-16-18-10(3)9(2)11(4)19-16/h6-7,12,20H,1-5H3/t12-/m0/s1. The molecule has 21 heavy (non-hydrogen) atoms. The molecule has 112 valence electrons. The SMILES string of the molecule is Cc1cc(Sc2nc(C)c(C)c(C)n2)c([C@H](C)O)cc1F. The van der Waals surface area contributed by atoms with Crippen LogP contribution in [0.2, 0.25) is 0 Å². The molecule has 2 rings (SSSR count). The summed E-state index contributed by atoms with van der Waals surface area (Å²) in [5, 5.41) is 10.4. The van der Waals surface area contributed by atoms with Gasteiger partial charge in [-0.1, -0.05) is 0 Å². The first-order chi connectivity index (χ1) is 9.79. The number of aromatic nitrogens is 2. The van der Waals surface area contributed by atoms with Gasteiger partial charge in [0.1, 0.15) is 5.82 Å². The number of hydrogen-bond acceptors (Lipinski definition) is 4. The molecule has 1 aromatic carbocycles. The average molecular weight is 306 g/mol. The van der Waals surface area contributed by atoms with Gasteiger partial charge in [0.2, 0.25) is 0 Å². The Bertz CT molecular complexity index is 663. The van der Waals surface area contributed by atoms with Gasteiger partial charge in [0, 0.05) is 16.3 Å². The van der Waals surface area contributed by atoms with Gasteiger partial charge >= 0.3 is 0 Å². The molecule has 0 fully saturated rings. The second-order valence-corrected chi connectivity index (χ2v) is 6.23. The predicted octanol–water partition coefficient (Wildman–Crippen LogP) is 4.05. The lowest BCUT2D eigenvalue weighted by Crippen LogP contribution is -2.01. The van der Waals surface area contributed by atoms with E-state index in [1.807, 2.05) is 20.8 Å². The van der Waals surface area contributed by atoms with Gasteiger partial charge in [0.05, 0.1) is 6.10 Å². The average Bonchev–Trinajstić information content (AvgIpc) is 2.39. The van der Waals surface area contributed by atoms with E-state index in [-0.39, 0.29) is 5.82 Å². The third-order valence-corrected chi connectivity index (χ3v) is 4.49. The maximum atomic E-state index is 13.7. The lowest BCUT2D eigenvalue weighted by Gasteiger charge is -2.13. The van der Waals surface area contributed by atoms with Crippen LogP contribution in [-0.2, 0) is 0 Å². The third-order valence-electron chi connectivity index (χ3n) is 3.55. The molecule has 1 atom stereocenters. The first-order valence-corrected chi connectivity index (χ1v) is 7.59. The Labute approximate surface area is 128 Å². The number of hydrogen-bond donors (Lipinski definition) is 1. The topological polar surface area (TPSA) is 46.0 Å². The van der Waals surface area contributed by atoms with Gasteiger partial charge in [-0.15, -0.1) is 0 Å². The Morgan fingerprint density at radius 2 is 1.67 bits per heavy atom. The number of aliphatic hydroxyl groups is 1. The molecule has 1 N–H and O–H groups in total. The summed E-state index contributed by atoms with van der Waals surface area (Å²) in [6, 6.07) is 3.12. The van der Waals surface area contributed by atoms with Gasteiger partial charge in [0.15, 0.2) is 5.16 Å². The summed E-state index contributed by atoms with van der Waals surface area (Å²) < 4.78 is 13.7. The van der Waals surface area contributed by atoms with Crippen molar-refractivity contribution in [2.24, 2.45) is 0 Å². The number of nitrogens with zero attached hydrogens (tertiary/aromatic N) is 2. The van der Waals surface area contributed by atoms with Crippen LogP contribution in [0.3, 0.4) is 0 Å². The highest BCUT2D eigenvalue weighted by atomic mass is 32.2. The zero-order valence-electron chi connectivity index (χ0n) is 12.9. The van der Waals surface area contributed by atoms with Gasteiger partial charge in [-0.3, -0.25) is 0 Å². The van der Waals surface area contributed by atoms with Crippen LogP contribution in [0.1, 0.15) is 41.1 Å². The van der Waals surface area contributed by atoms with E-state index in [0.29, 0.717) is 16.3 Å². The molecule has 3 nitrogen and oxygen atoms in total. The Morgan fingerprint density at radius 3 is 2.19 bits per heavy atom. The second kappa shape index (κ2) is 6.12. The summed E-state index contributed by atoms with van der Waals surface area (Å²) in [7, 11) is 0. The molecule has 5 heteroatoms. The number of rotatable bonds is 3. The quantitative estimate of drug-likeness (QED) is 0.869. The minimum atomic E-state index is -0.741. The normalized spacial score (nSPS) is 12.5. The molecule has 0 saturated heterocycles. The summed E-state index contributed by atoms with van der Waals surface area (Å²) in [5.74, 6) is -0.313. The van der Waals surface area contributed by atoms with Gasteiger partial charge in [-0.25, -0.2) is 14.4 Å². The molecular weight excluding hydrogens is 287 g/mol. The van der Waals surface area contributed by atoms with Crippen LogP contribution in [0.5, 0.6) is 0 Å². The molecule has 0 aliphatic heterocycles. The monoisotopic (exact) mass is 306 g/mol. The molecule has 2 aromatic rings. The fraction of sp³-hybridized carbons (Fsp3) is 0.375. The molecule has 0 radical (unpaired) electrons. The van der Waals surface area contributed by atoms with E-state index in [1.54, 1.807) is 19.9 Å². The Morgan fingerprint density at radius 1 is 1.10 bits per heavy atom. The first kappa shape index (κ1) is 15.9. The number of aryl methyl sites for hydroxylation is 3. The van der Waals surface area contributed by atoms with Gasteiger partial charge < -0.3 is 5.11 Å². The van der Waals surface area contributed by atoms with Crippen molar-refractivity contribution >= 4 is 11.8 Å². The van der Waals surface area contributed by atoms with Crippen molar-refractivity contribution in [3.63, 3.8) is 0 Å². The van der Waals surface area contributed by atoms with Crippen LogP contribution in [-0.4, -0.2) is 15.1 Å². The largest absolute Gasteiger partial charge is 0.389 e. The van der Waals surface area contributed by atoms with Crippen LogP contribution in [0.25, 0.3) is 0 Å². The molecule has 0 aliphatic rings.